The Balaban J connectivity index is 1.94. The van der Waals surface area contributed by atoms with Crippen LogP contribution in [0.15, 0.2) is 0 Å². The van der Waals surface area contributed by atoms with Crippen molar-refractivity contribution in [2.24, 2.45) is 5.92 Å². The van der Waals surface area contributed by atoms with Crippen molar-refractivity contribution in [2.45, 2.75) is 25.3 Å². The minimum Gasteiger partial charge on any atom is -0.453 e. The number of likely N-dealkylation sites (tertiary alicyclic amines) is 1. The van der Waals surface area contributed by atoms with Crippen molar-refractivity contribution in [3.63, 3.8) is 0 Å². The molecular weight excluding hydrogens is 142 g/mol. The van der Waals surface area contributed by atoms with E-state index in [1.807, 2.05) is 4.90 Å². The molecule has 3 nitrogen and oxygen atoms in total. The summed E-state index contributed by atoms with van der Waals surface area (Å²) < 4.78 is 4.65. The highest BCUT2D eigenvalue weighted by Gasteiger charge is 2.44. The standard InChI is InChI=1S/C8H13NO2/c1-11-8(10)9-5-6-3-2-4-7(6)9/h6-7H,2-5H2,1H3. The molecule has 1 saturated carbocycles. The molecule has 0 spiro atoms. The molecule has 2 atom stereocenters. The molecule has 1 saturated heterocycles. The average Bonchev–Trinajstić information content (AvgIpc) is 2.32. The van der Waals surface area contributed by atoms with E-state index in [0.29, 0.717) is 6.04 Å². The van der Waals surface area contributed by atoms with Crippen LogP contribution in [-0.2, 0) is 4.74 Å². The highest BCUT2D eigenvalue weighted by molar-refractivity contribution is 5.69. The fraction of sp³-hybridized carbons (Fsp3) is 0.875. The molecular formula is C8H13NO2. The molecule has 0 aromatic carbocycles. The lowest BCUT2D eigenvalue weighted by Gasteiger charge is -2.43. The summed E-state index contributed by atoms with van der Waals surface area (Å²) in [5, 5.41) is 0. The van der Waals surface area contributed by atoms with Crippen molar-refractivity contribution in [3.05, 3.63) is 0 Å². The van der Waals surface area contributed by atoms with Gasteiger partial charge in [0.25, 0.3) is 0 Å². The fourth-order valence-electron chi connectivity index (χ4n) is 2.22. The van der Waals surface area contributed by atoms with E-state index in [-0.39, 0.29) is 6.09 Å². The van der Waals surface area contributed by atoms with Crippen LogP contribution >= 0.6 is 0 Å². The van der Waals surface area contributed by atoms with Gasteiger partial charge in [-0.3, -0.25) is 0 Å². The summed E-state index contributed by atoms with van der Waals surface area (Å²) in [6.45, 7) is 0.928. The van der Waals surface area contributed by atoms with Crippen molar-refractivity contribution < 1.29 is 9.53 Å². The van der Waals surface area contributed by atoms with Crippen LogP contribution in [0.5, 0.6) is 0 Å². The van der Waals surface area contributed by atoms with Crippen molar-refractivity contribution in [1.82, 2.24) is 4.90 Å². The molecule has 0 aromatic rings. The van der Waals surface area contributed by atoms with Crippen LogP contribution < -0.4 is 0 Å². The van der Waals surface area contributed by atoms with E-state index in [1.165, 1.54) is 26.4 Å². The quantitative estimate of drug-likeness (QED) is 0.526. The molecule has 0 N–H and O–H groups in total. The summed E-state index contributed by atoms with van der Waals surface area (Å²) in [6, 6.07) is 0.516. The number of carbonyl (C=O) groups is 1. The summed E-state index contributed by atoms with van der Waals surface area (Å²) in [7, 11) is 1.45. The number of carbonyl (C=O) groups excluding carboxylic acids is 1. The van der Waals surface area contributed by atoms with Crippen LogP contribution in [0.25, 0.3) is 0 Å². The minimum absolute atomic E-state index is 0.145. The van der Waals surface area contributed by atoms with Crippen LogP contribution in [0, 0.1) is 5.92 Å². The SMILES string of the molecule is COC(=O)N1CC2CCCC21. The predicted molar refractivity (Wildman–Crippen MR) is 40.2 cm³/mol. The average molecular weight is 155 g/mol. The zero-order valence-corrected chi connectivity index (χ0v) is 6.75. The molecule has 1 heterocycles. The Morgan fingerprint density at radius 2 is 2.36 bits per heavy atom. The Bertz CT molecular complexity index is 181. The van der Waals surface area contributed by atoms with Gasteiger partial charge in [0.15, 0.2) is 0 Å². The molecule has 0 aromatic heterocycles. The van der Waals surface area contributed by atoms with Crippen LogP contribution in [0.4, 0.5) is 4.79 Å². The topological polar surface area (TPSA) is 29.5 Å². The second-order valence-corrected chi connectivity index (χ2v) is 3.38. The van der Waals surface area contributed by atoms with Crippen molar-refractivity contribution in [2.75, 3.05) is 13.7 Å². The van der Waals surface area contributed by atoms with E-state index in [1.54, 1.807) is 0 Å². The molecule has 1 aliphatic carbocycles. The van der Waals surface area contributed by atoms with Gasteiger partial charge in [0, 0.05) is 12.6 Å². The lowest BCUT2D eigenvalue weighted by atomic mass is 9.93. The highest BCUT2D eigenvalue weighted by Crippen LogP contribution is 2.38. The normalized spacial score (nSPS) is 34.5. The number of hydrogen-bond donors (Lipinski definition) is 0. The van der Waals surface area contributed by atoms with Crippen molar-refractivity contribution in [1.29, 1.82) is 0 Å². The molecule has 0 bridgehead atoms. The second-order valence-electron chi connectivity index (χ2n) is 3.38. The van der Waals surface area contributed by atoms with Gasteiger partial charge in [-0.2, -0.15) is 0 Å². The molecule has 2 fully saturated rings. The third-order valence-corrected chi connectivity index (χ3v) is 2.86. The third-order valence-electron chi connectivity index (χ3n) is 2.86. The molecule has 2 aliphatic rings. The van der Waals surface area contributed by atoms with Crippen LogP contribution in [0.3, 0.4) is 0 Å². The van der Waals surface area contributed by atoms with Gasteiger partial charge in [-0.05, 0) is 18.8 Å². The molecule has 3 heteroatoms. The number of hydrogen-bond acceptors (Lipinski definition) is 2. The van der Waals surface area contributed by atoms with Gasteiger partial charge in [0.05, 0.1) is 7.11 Å². The first-order chi connectivity index (χ1) is 5.33. The van der Waals surface area contributed by atoms with E-state index < -0.39 is 0 Å². The number of amides is 1. The zero-order valence-electron chi connectivity index (χ0n) is 6.75. The second kappa shape index (κ2) is 2.40. The minimum atomic E-state index is -0.145. The largest absolute Gasteiger partial charge is 0.453 e. The van der Waals surface area contributed by atoms with Crippen LogP contribution in [-0.4, -0.2) is 30.7 Å². The van der Waals surface area contributed by atoms with Gasteiger partial charge in [-0.25, -0.2) is 4.79 Å². The van der Waals surface area contributed by atoms with E-state index in [4.69, 9.17) is 0 Å². The van der Waals surface area contributed by atoms with Gasteiger partial charge in [0.1, 0.15) is 0 Å². The lowest BCUT2D eigenvalue weighted by molar-refractivity contribution is 0.0308. The van der Waals surface area contributed by atoms with Gasteiger partial charge in [-0.1, -0.05) is 6.42 Å². The first-order valence-electron chi connectivity index (χ1n) is 4.17. The van der Waals surface area contributed by atoms with Gasteiger partial charge in [-0.15, -0.1) is 0 Å². The predicted octanol–water partition coefficient (Wildman–Crippen LogP) is 1.24. The molecule has 1 aliphatic heterocycles. The molecule has 2 unspecified atom stereocenters. The number of nitrogens with zero attached hydrogens (tertiary/aromatic N) is 1. The Labute approximate surface area is 66.3 Å². The highest BCUT2D eigenvalue weighted by atomic mass is 16.5. The smallest absolute Gasteiger partial charge is 0.409 e. The zero-order chi connectivity index (χ0) is 7.84. The maximum absolute atomic E-state index is 11.0. The number of rotatable bonds is 0. The number of ether oxygens (including phenoxy) is 1. The van der Waals surface area contributed by atoms with Gasteiger partial charge >= 0.3 is 6.09 Å². The van der Waals surface area contributed by atoms with E-state index in [9.17, 15) is 4.79 Å². The maximum Gasteiger partial charge on any atom is 0.409 e. The number of fused-ring (bicyclic) bond motifs is 1. The Kier molecular flexibility index (Phi) is 1.51. The van der Waals surface area contributed by atoms with E-state index in [2.05, 4.69) is 4.74 Å². The molecule has 62 valence electrons. The molecule has 2 rings (SSSR count). The van der Waals surface area contributed by atoms with Crippen molar-refractivity contribution >= 4 is 6.09 Å². The Morgan fingerprint density at radius 3 is 3.00 bits per heavy atom. The van der Waals surface area contributed by atoms with Gasteiger partial charge < -0.3 is 9.64 Å². The fourth-order valence-corrected chi connectivity index (χ4v) is 2.22. The summed E-state index contributed by atoms with van der Waals surface area (Å²) in [5.41, 5.74) is 0. The van der Waals surface area contributed by atoms with Crippen LogP contribution in [0.2, 0.25) is 0 Å². The summed E-state index contributed by atoms with van der Waals surface area (Å²) in [5.74, 6) is 0.786. The van der Waals surface area contributed by atoms with Crippen molar-refractivity contribution in [3.8, 4) is 0 Å². The molecule has 1 amide bonds. The van der Waals surface area contributed by atoms with Gasteiger partial charge in [0.2, 0.25) is 0 Å². The molecule has 11 heavy (non-hydrogen) atoms. The third kappa shape index (κ3) is 0.905. The Morgan fingerprint density at radius 1 is 1.55 bits per heavy atom. The lowest BCUT2D eigenvalue weighted by Crippen LogP contribution is -2.55. The molecule has 0 radical (unpaired) electrons. The van der Waals surface area contributed by atoms with E-state index >= 15 is 0 Å². The number of methoxy groups -OCH3 is 1. The monoisotopic (exact) mass is 155 g/mol. The summed E-state index contributed by atoms with van der Waals surface area (Å²) in [6.07, 6.45) is 3.62. The Hall–Kier alpha value is -0.730. The first kappa shape index (κ1) is 6.95. The summed E-state index contributed by atoms with van der Waals surface area (Å²) in [4.78, 5) is 12.9. The van der Waals surface area contributed by atoms with Crippen LogP contribution in [0.1, 0.15) is 19.3 Å². The maximum atomic E-state index is 11.0. The summed E-state index contributed by atoms with van der Waals surface area (Å²) >= 11 is 0. The van der Waals surface area contributed by atoms with E-state index in [0.717, 1.165) is 12.5 Å². The first-order valence-corrected chi connectivity index (χ1v) is 4.17.